The topological polar surface area (TPSA) is 100 Å². The van der Waals surface area contributed by atoms with Crippen molar-refractivity contribution in [2.75, 3.05) is 26.2 Å². The van der Waals surface area contributed by atoms with Gasteiger partial charge in [-0.2, -0.15) is 18.3 Å². The van der Waals surface area contributed by atoms with E-state index in [4.69, 9.17) is 4.74 Å². The Balaban J connectivity index is 1.46. The molecule has 3 rings (SSSR count). The molecule has 0 bridgehead atoms. The summed E-state index contributed by atoms with van der Waals surface area (Å²) >= 11 is 0. The van der Waals surface area contributed by atoms with Crippen LogP contribution >= 0.6 is 0 Å². The first-order chi connectivity index (χ1) is 13.8. The van der Waals surface area contributed by atoms with Gasteiger partial charge in [0.15, 0.2) is 6.61 Å². The number of nitrogens with one attached hydrogen (secondary N) is 2. The van der Waals surface area contributed by atoms with Gasteiger partial charge in [0.1, 0.15) is 18.0 Å². The summed E-state index contributed by atoms with van der Waals surface area (Å²) in [5.74, 6) is -0.464. The molecule has 0 aromatic carbocycles. The molecule has 0 aliphatic carbocycles. The third kappa shape index (κ3) is 5.93. The lowest BCUT2D eigenvalue weighted by Gasteiger charge is -2.31. The Hall–Kier alpha value is -3.11. The van der Waals surface area contributed by atoms with Crippen molar-refractivity contribution in [2.45, 2.75) is 24.9 Å². The molecule has 156 valence electrons. The van der Waals surface area contributed by atoms with Crippen molar-refractivity contribution in [3.05, 3.63) is 42.0 Å². The van der Waals surface area contributed by atoms with E-state index in [-0.39, 0.29) is 24.1 Å². The van der Waals surface area contributed by atoms with E-state index in [9.17, 15) is 22.8 Å². The fourth-order valence-electron chi connectivity index (χ4n) is 3.04. The lowest BCUT2D eigenvalue weighted by Crippen LogP contribution is -2.40. The predicted octanol–water partition coefficient (Wildman–Crippen LogP) is 1.88. The number of aromatic amines is 1. The fraction of sp³-hybridized carbons (Fsp3) is 0.444. The summed E-state index contributed by atoms with van der Waals surface area (Å²) in [5.41, 5.74) is 0.577. The highest BCUT2D eigenvalue weighted by Crippen LogP contribution is 2.27. The second-order valence-electron chi connectivity index (χ2n) is 6.64. The van der Waals surface area contributed by atoms with Crippen LogP contribution in [0.25, 0.3) is 0 Å². The Kier molecular flexibility index (Phi) is 6.35. The maximum absolute atomic E-state index is 12.3. The van der Waals surface area contributed by atoms with Crippen LogP contribution < -0.4 is 10.1 Å². The summed E-state index contributed by atoms with van der Waals surface area (Å²) in [6, 6.07) is 4.89. The zero-order valence-corrected chi connectivity index (χ0v) is 15.4. The number of alkyl halides is 3. The quantitative estimate of drug-likeness (QED) is 0.756. The molecular formula is C18H20F3N5O3. The van der Waals surface area contributed by atoms with Crippen molar-refractivity contribution in [3.63, 3.8) is 0 Å². The van der Waals surface area contributed by atoms with Gasteiger partial charge in [0, 0.05) is 30.9 Å². The number of ether oxygens (including phenoxy) is 1. The molecule has 1 aliphatic heterocycles. The van der Waals surface area contributed by atoms with Gasteiger partial charge in [0.05, 0.1) is 6.20 Å². The monoisotopic (exact) mass is 411 g/mol. The Morgan fingerprint density at radius 3 is 2.72 bits per heavy atom. The van der Waals surface area contributed by atoms with Gasteiger partial charge in [-0.15, -0.1) is 0 Å². The third-order valence-corrected chi connectivity index (χ3v) is 4.56. The van der Waals surface area contributed by atoms with Crippen molar-refractivity contribution in [1.82, 2.24) is 25.4 Å². The summed E-state index contributed by atoms with van der Waals surface area (Å²) in [6.45, 7) is -0.470. The maximum Gasteiger partial charge on any atom is 0.405 e. The highest BCUT2D eigenvalue weighted by Gasteiger charge is 2.29. The van der Waals surface area contributed by atoms with Crippen molar-refractivity contribution >= 4 is 11.8 Å². The van der Waals surface area contributed by atoms with Crippen LogP contribution in [0.2, 0.25) is 0 Å². The van der Waals surface area contributed by atoms with E-state index in [2.05, 4.69) is 15.2 Å². The number of halogens is 3. The molecule has 11 heteroatoms. The largest absolute Gasteiger partial charge is 0.482 e. The van der Waals surface area contributed by atoms with Crippen molar-refractivity contribution in [3.8, 4) is 5.75 Å². The number of pyridine rings is 1. The van der Waals surface area contributed by atoms with E-state index < -0.39 is 18.6 Å². The zero-order valence-electron chi connectivity index (χ0n) is 15.4. The smallest absolute Gasteiger partial charge is 0.405 e. The highest BCUT2D eigenvalue weighted by molar-refractivity contribution is 5.92. The normalized spacial score (nSPS) is 15.2. The van der Waals surface area contributed by atoms with Gasteiger partial charge >= 0.3 is 6.18 Å². The summed E-state index contributed by atoms with van der Waals surface area (Å²) in [6.07, 6.45) is -0.0513. The number of nitrogens with zero attached hydrogens (tertiary/aromatic N) is 3. The molecule has 1 saturated heterocycles. The van der Waals surface area contributed by atoms with Gasteiger partial charge in [0.2, 0.25) is 0 Å². The van der Waals surface area contributed by atoms with Crippen LogP contribution in [0.3, 0.4) is 0 Å². The molecule has 1 fully saturated rings. The first kappa shape index (κ1) is 20.6. The molecule has 8 nitrogen and oxygen atoms in total. The van der Waals surface area contributed by atoms with Crippen LogP contribution in [0.5, 0.6) is 5.75 Å². The Morgan fingerprint density at radius 2 is 2.07 bits per heavy atom. The minimum absolute atomic E-state index is 0.0370. The summed E-state index contributed by atoms with van der Waals surface area (Å²) in [4.78, 5) is 29.6. The van der Waals surface area contributed by atoms with Gasteiger partial charge in [-0.05, 0) is 31.0 Å². The second-order valence-corrected chi connectivity index (χ2v) is 6.64. The van der Waals surface area contributed by atoms with Gasteiger partial charge in [-0.3, -0.25) is 19.7 Å². The lowest BCUT2D eigenvalue weighted by molar-refractivity contribution is -0.134. The molecule has 2 amide bonds. The average molecular weight is 411 g/mol. The number of hydrogen-bond donors (Lipinski definition) is 2. The van der Waals surface area contributed by atoms with Crippen LogP contribution in [0.4, 0.5) is 13.2 Å². The molecule has 3 heterocycles. The average Bonchev–Trinajstić information content (AvgIpc) is 3.21. The molecule has 0 atom stereocenters. The van der Waals surface area contributed by atoms with Gasteiger partial charge in [0.25, 0.3) is 11.8 Å². The van der Waals surface area contributed by atoms with Crippen LogP contribution in [0, 0.1) is 0 Å². The minimum Gasteiger partial charge on any atom is -0.482 e. The van der Waals surface area contributed by atoms with E-state index in [1.165, 1.54) is 12.3 Å². The number of hydrogen-bond acceptors (Lipinski definition) is 5. The van der Waals surface area contributed by atoms with Crippen LogP contribution in [0.15, 0.2) is 30.6 Å². The Morgan fingerprint density at radius 1 is 1.31 bits per heavy atom. The van der Waals surface area contributed by atoms with Gasteiger partial charge in [-0.25, -0.2) is 0 Å². The number of piperidine rings is 1. The number of H-pyrrole nitrogens is 1. The standard InChI is InChI=1S/C18H20F3N5O3/c19-18(20,21)11-23-17(28)15-8-14(24-25-15)12-3-6-26(7-4-12)16(27)10-29-13-2-1-5-22-9-13/h1-2,5,8-9,12H,3-4,6-7,10-11H2,(H,23,28)(H,24,25). The van der Waals surface area contributed by atoms with Crippen molar-refractivity contribution in [1.29, 1.82) is 0 Å². The SMILES string of the molecule is O=C(NCC(F)(F)F)c1cc(C2CCN(C(=O)COc3cccnc3)CC2)[nH]n1. The van der Waals surface area contributed by atoms with E-state index in [0.29, 0.717) is 37.4 Å². The number of amides is 2. The predicted molar refractivity (Wildman–Crippen MR) is 95.3 cm³/mol. The first-order valence-electron chi connectivity index (χ1n) is 9.02. The Labute approximate surface area is 164 Å². The lowest BCUT2D eigenvalue weighted by atomic mass is 9.93. The molecule has 0 unspecified atom stereocenters. The number of carbonyl (C=O) groups is 2. The van der Waals surface area contributed by atoms with Crippen molar-refractivity contribution < 1.29 is 27.5 Å². The molecule has 0 spiro atoms. The second kappa shape index (κ2) is 8.93. The molecular weight excluding hydrogens is 391 g/mol. The Bertz CT molecular complexity index is 833. The molecule has 1 aliphatic rings. The van der Waals surface area contributed by atoms with Gasteiger partial charge < -0.3 is 15.0 Å². The first-order valence-corrected chi connectivity index (χ1v) is 9.02. The van der Waals surface area contributed by atoms with E-state index in [1.807, 2.05) is 0 Å². The number of likely N-dealkylation sites (tertiary alicyclic amines) is 1. The maximum atomic E-state index is 12.3. The van der Waals surface area contributed by atoms with E-state index >= 15 is 0 Å². The van der Waals surface area contributed by atoms with E-state index in [0.717, 1.165) is 0 Å². The number of carbonyl (C=O) groups excluding carboxylic acids is 2. The van der Waals surface area contributed by atoms with Crippen LogP contribution in [-0.4, -0.2) is 64.3 Å². The van der Waals surface area contributed by atoms with Gasteiger partial charge in [-0.1, -0.05) is 0 Å². The minimum atomic E-state index is -4.48. The molecule has 2 aromatic rings. The number of aromatic nitrogens is 3. The molecule has 0 saturated carbocycles. The van der Waals surface area contributed by atoms with E-state index in [1.54, 1.807) is 28.5 Å². The van der Waals surface area contributed by atoms with Crippen LogP contribution in [-0.2, 0) is 4.79 Å². The summed E-state index contributed by atoms with van der Waals surface area (Å²) in [5, 5.41) is 8.30. The molecule has 2 aromatic heterocycles. The highest BCUT2D eigenvalue weighted by atomic mass is 19.4. The summed E-state index contributed by atoms with van der Waals surface area (Å²) in [7, 11) is 0. The molecule has 0 radical (unpaired) electrons. The molecule has 29 heavy (non-hydrogen) atoms. The molecule has 2 N–H and O–H groups in total. The third-order valence-electron chi connectivity index (χ3n) is 4.56. The fourth-order valence-corrected chi connectivity index (χ4v) is 3.04. The zero-order chi connectivity index (χ0) is 20.9. The van der Waals surface area contributed by atoms with Crippen molar-refractivity contribution in [2.24, 2.45) is 0 Å². The number of rotatable bonds is 6. The summed E-state index contributed by atoms with van der Waals surface area (Å²) < 4.78 is 42.0. The van der Waals surface area contributed by atoms with Crippen LogP contribution in [0.1, 0.15) is 34.9 Å².